The summed E-state index contributed by atoms with van der Waals surface area (Å²) in [5.41, 5.74) is 0. The molecule has 2 atom stereocenters. The van der Waals surface area contributed by atoms with Gasteiger partial charge in [0.2, 0.25) is 0 Å². The van der Waals surface area contributed by atoms with Crippen LogP contribution in [0.3, 0.4) is 0 Å². The molecule has 0 radical (unpaired) electrons. The van der Waals surface area contributed by atoms with E-state index in [-0.39, 0.29) is 32.0 Å². The van der Waals surface area contributed by atoms with Crippen molar-refractivity contribution < 1.29 is 42.1 Å². The van der Waals surface area contributed by atoms with E-state index >= 15 is 0 Å². The van der Waals surface area contributed by atoms with Crippen molar-refractivity contribution in [1.29, 1.82) is 0 Å². The first-order valence-corrected chi connectivity index (χ1v) is 38.8. The summed E-state index contributed by atoms with van der Waals surface area (Å²) in [6, 6.07) is 0. The molecule has 0 aliphatic rings. The standard InChI is InChI=1S/C76H144NO8P/c1-6-8-10-12-14-16-18-20-22-24-26-28-30-32-34-35-36-37-38-39-40-41-43-45-47-49-51-53-55-57-59-61-63-65-67-69-76(79)85-74(73-84-86(80,81)83-71-70-77(3,4)5)72-82-75(78)68-66-64-62-60-58-56-54-52-50-48-46-44-42-33-31-29-27-25-23-21-19-17-15-13-11-9-7-2/h18-21,24-27,74H,6-17,22-23,28-73H2,1-5H3/b20-18-,21-19-,26-24-,27-25-. The third-order valence-electron chi connectivity index (χ3n) is 16.8. The lowest BCUT2D eigenvalue weighted by molar-refractivity contribution is -0.870. The fourth-order valence-corrected chi connectivity index (χ4v) is 11.8. The second kappa shape index (κ2) is 67.4. The zero-order valence-corrected chi connectivity index (χ0v) is 58.7. The summed E-state index contributed by atoms with van der Waals surface area (Å²) < 4.78 is 34.4. The summed E-state index contributed by atoms with van der Waals surface area (Å²) in [6.07, 6.45) is 87.8. The quantitative estimate of drug-likeness (QED) is 0.0195. The lowest BCUT2D eigenvalue weighted by Gasteiger charge is -2.28. The number of ether oxygens (including phenoxy) is 2. The molecule has 0 spiro atoms. The van der Waals surface area contributed by atoms with Crippen LogP contribution in [0, 0.1) is 0 Å². The first kappa shape index (κ1) is 84.0. The normalized spacial score (nSPS) is 13.3. The number of esters is 2. The molecule has 86 heavy (non-hydrogen) atoms. The SMILES string of the molecule is CCCCCCC/C=C\C/C=C\CCCCCCCCCCCCCCCCCCCCCCCCCC(=O)OC(COC(=O)CCCCCCCCCCCCCCCCC/C=C\C/C=C\CCCCCCC)COP(=O)([O-])OCC[N+](C)(C)C. The average Bonchev–Trinajstić information content (AvgIpc) is 3.56. The molecule has 0 aliphatic heterocycles. The van der Waals surface area contributed by atoms with Crippen LogP contribution >= 0.6 is 7.82 Å². The Labute approximate surface area is 534 Å². The molecule has 0 aromatic carbocycles. The second-order valence-corrected chi connectivity index (χ2v) is 28.1. The smallest absolute Gasteiger partial charge is 0.306 e. The molecule has 0 rings (SSSR count). The molecule has 0 aromatic heterocycles. The van der Waals surface area contributed by atoms with Crippen LogP contribution in [0.5, 0.6) is 0 Å². The molecule has 0 amide bonds. The number of hydrogen-bond acceptors (Lipinski definition) is 8. The zero-order chi connectivity index (χ0) is 62.6. The summed E-state index contributed by atoms with van der Waals surface area (Å²) in [5, 5.41) is 0. The molecule has 0 fully saturated rings. The molecule has 0 N–H and O–H groups in total. The number of unbranched alkanes of at least 4 members (excludes halogenated alkanes) is 48. The minimum atomic E-state index is -4.64. The number of allylic oxidation sites excluding steroid dienone is 8. The van der Waals surface area contributed by atoms with Crippen LogP contribution in [-0.2, 0) is 32.7 Å². The number of likely N-dealkylation sites (N-methyl/N-ethyl adjacent to an activating group) is 1. The molecule has 0 bridgehead atoms. The van der Waals surface area contributed by atoms with Gasteiger partial charge in [-0.2, -0.15) is 0 Å². The summed E-state index contributed by atoms with van der Waals surface area (Å²) in [7, 11) is 1.18. The van der Waals surface area contributed by atoms with Crippen LogP contribution in [0.2, 0.25) is 0 Å². The summed E-state index contributed by atoms with van der Waals surface area (Å²) >= 11 is 0. The molecule has 0 saturated heterocycles. The Morgan fingerprint density at radius 2 is 0.628 bits per heavy atom. The lowest BCUT2D eigenvalue weighted by atomic mass is 10.0. The summed E-state index contributed by atoms with van der Waals surface area (Å²) in [5.74, 6) is -0.813. The van der Waals surface area contributed by atoms with Crippen molar-refractivity contribution >= 4 is 19.8 Å². The van der Waals surface area contributed by atoms with Gasteiger partial charge in [-0.1, -0.05) is 332 Å². The highest BCUT2D eigenvalue weighted by atomic mass is 31.2. The van der Waals surface area contributed by atoms with Crippen LogP contribution in [0.1, 0.15) is 373 Å². The molecule has 2 unspecified atom stereocenters. The van der Waals surface area contributed by atoms with E-state index in [1.807, 2.05) is 21.1 Å². The molecule has 0 aromatic rings. The number of phosphoric ester groups is 1. The van der Waals surface area contributed by atoms with Crippen molar-refractivity contribution in [2.45, 2.75) is 380 Å². The van der Waals surface area contributed by atoms with Crippen LogP contribution in [0.4, 0.5) is 0 Å². The number of hydrogen-bond donors (Lipinski definition) is 0. The fraction of sp³-hybridized carbons (Fsp3) is 0.868. The maximum absolute atomic E-state index is 12.9. The van der Waals surface area contributed by atoms with Crippen LogP contribution in [0.15, 0.2) is 48.6 Å². The van der Waals surface area contributed by atoms with Gasteiger partial charge >= 0.3 is 11.9 Å². The molecule has 506 valence electrons. The van der Waals surface area contributed by atoms with E-state index in [1.165, 1.54) is 295 Å². The molecular weight excluding hydrogens is 1090 g/mol. The molecule has 0 heterocycles. The molecular formula is C76H144NO8P. The second-order valence-electron chi connectivity index (χ2n) is 26.7. The van der Waals surface area contributed by atoms with Gasteiger partial charge in [0.15, 0.2) is 6.10 Å². The highest BCUT2D eigenvalue weighted by Gasteiger charge is 2.22. The van der Waals surface area contributed by atoms with E-state index in [1.54, 1.807) is 0 Å². The highest BCUT2D eigenvalue weighted by molar-refractivity contribution is 7.45. The van der Waals surface area contributed by atoms with Crippen LogP contribution in [-0.4, -0.2) is 70.0 Å². The summed E-state index contributed by atoms with van der Waals surface area (Å²) in [4.78, 5) is 38.1. The minimum Gasteiger partial charge on any atom is -0.756 e. The van der Waals surface area contributed by atoms with Crippen molar-refractivity contribution in [1.82, 2.24) is 0 Å². The predicted octanol–water partition coefficient (Wildman–Crippen LogP) is 23.8. The number of quaternary nitrogens is 1. The molecule has 10 heteroatoms. The van der Waals surface area contributed by atoms with E-state index in [0.717, 1.165) is 44.9 Å². The Kier molecular flexibility index (Phi) is 65.8. The molecule has 9 nitrogen and oxygen atoms in total. The Hall–Kier alpha value is -2.03. The Morgan fingerprint density at radius 3 is 0.919 bits per heavy atom. The van der Waals surface area contributed by atoms with Crippen molar-refractivity contribution in [3.63, 3.8) is 0 Å². The van der Waals surface area contributed by atoms with E-state index in [2.05, 4.69) is 62.5 Å². The third kappa shape index (κ3) is 71.1. The van der Waals surface area contributed by atoms with E-state index in [0.29, 0.717) is 17.4 Å². The first-order valence-electron chi connectivity index (χ1n) is 37.3. The van der Waals surface area contributed by atoms with Gasteiger partial charge in [0.1, 0.15) is 19.8 Å². The number of carbonyl (C=O) groups is 2. The first-order chi connectivity index (χ1) is 42.0. The van der Waals surface area contributed by atoms with Gasteiger partial charge in [-0.25, -0.2) is 0 Å². The topological polar surface area (TPSA) is 111 Å². The number of carbonyl (C=O) groups excluding carboxylic acids is 2. The third-order valence-corrected chi connectivity index (χ3v) is 17.8. The number of phosphoric acid groups is 1. The van der Waals surface area contributed by atoms with Gasteiger partial charge < -0.3 is 27.9 Å². The maximum atomic E-state index is 12.9. The maximum Gasteiger partial charge on any atom is 0.306 e. The van der Waals surface area contributed by atoms with Gasteiger partial charge in [0.25, 0.3) is 7.82 Å². The average molecular weight is 1230 g/mol. The predicted molar refractivity (Wildman–Crippen MR) is 370 cm³/mol. The highest BCUT2D eigenvalue weighted by Crippen LogP contribution is 2.38. The number of nitrogens with zero attached hydrogens (tertiary/aromatic N) is 1. The van der Waals surface area contributed by atoms with Crippen molar-refractivity contribution in [2.75, 3.05) is 47.5 Å². The van der Waals surface area contributed by atoms with Crippen molar-refractivity contribution in [3.05, 3.63) is 48.6 Å². The summed E-state index contributed by atoms with van der Waals surface area (Å²) in [6.45, 7) is 4.28. The Bertz CT molecular complexity index is 1590. The van der Waals surface area contributed by atoms with E-state index < -0.39 is 26.5 Å². The Balaban J connectivity index is 3.95. The molecule has 0 aliphatic carbocycles. The van der Waals surface area contributed by atoms with Crippen molar-refractivity contribution in [3.8, 4) is 0 Å². The van der Waals surface area contributed by atoms with Gasteiger partial charge in [0.05, 0.1) is 27.7 Å². The van der Waals surface area contributed by atoms with Gasteiger partial charge in [-0.3, -0.25) is 14.2 Å². The minimum absolute atomic E-state index is 0.0286. The van der Waals surface area contributed by atoms with E-state index in [9.17, 15) is 19.0 Å². The van der Waals surface area contributed by atoms with Gasteiger partial charge in [-0.15, -0.1) is 0 Å². The van der Waals surface area contributed by atoms with E-state index in [4.69, 9.17) is 18.5 Å². The lowest BCUT2D eigenvalue weighted by Crippen LogP contribution is -2.37. The van der Waals surface area contributed by atoms with Gasteiger partial charge in [-0.05, 0) is 77.0 Å². The Morgan fingerprint density at radius 1 is 0.360 bits per heavy atom. The van der Waals surface area contributed by atoms with Gasteiger partial charge in [0, 0.05) is 12.8 Å². The van der Waals surface area contributed by atoms with Crippen LogP contribution in [0.25, 0.3) is 0 Å². The van der Waals surface area contributed by atoms with Crippen LogP contribution < -0.4 is 4.89 Å². The van der Waals surface area contributed by atoms with Crippen molar-refractivity contribution in [2.24, 2.45) is 0 Å². The largest absolute Gasteiger partial charge is 0.756 e. The number of rotatable bonds is 70. The zero-order valence-electron chi connectivity index (χ0n) is 57.8. The monoisotopic (exact) mass is 1230 g/mol. The molecule has 0 saturated carbocycles. The fourth-order valence-electron chi connectivity index (χ4n) is 11.1.